The third kappa shape index (κ3) is 4.90. The van der Waals surface area contributed by atoms with Crippen LogP contribution in [0.2, 0.25) is 0 Å². The molecule has 0 spiro atoms. The molecule has 5 nitrogen and oxygen atoms in total. The van der Waals surface area contributed by atoms with Crippen molar-refractivity contribution in [2.24, 2.45) is 0 Å². The number of carbonyl (C=O) groups excluding carboxylic acids is 1. The van der Waals surface area contributed by atoms with E-state index in [1.165, 1.54) is 24.0 Å². The quantitative estimate of drug-likeness (QED) is 0.353. The van der Waals surface area contributed by atoms with Crippen molar-refractivity contribution >= 4 is 22.6 Å². The number of rotatable bonds is 8. The standard InChI is InChI=1S/C30H30N4O/c1-20-14-28-27(30(32-19-31-28)33-24-10-11-24)17-26(20)23-9-5-8-22(15-23)18-34(25-12-13-25)29(35)16-21-6-3-2-4-7-21/h2-9,14-15,17,19,24-25H,10-13,16,18H2,1H3,(H,31,32,33). The number of hydrogen-bond acceptors (Lipinski definition) is 4. The molecule has 0 unspecified atom stereocenters. The fourth-order valence-corrected chi connectivity index (χ4v) is 4.77. The van der Waals surface area contributed by atoms with E-state index in [1.807, 2.05) is 30.3 Å². The summed E-state index contributed by atoms with van der Waals surface area (Å²) >= 11 is 0. The van der Waals surface area contributed by atoms with Gasteiger partial charge in [-0.3, -0.25) is 4.79 Å². The van der Waals surface area contributed by atoms with Gasteiger partial charge in [0.25, 0.3) is 0 Å². The minimum absolute atomic E-state index is 0.207. The molecule has 2 aliphatic rings. The van der Waals surface area contributed by atoms with Crippen LogP contribution in [0.1, 0.15) is 42.4 Å². The molecule has 1 amide bonds. The Morgan fingerprint density at radius 3 is 2.51 bits per heavy atom. The van der Waals surface area contributed by atoms with Crippen molar-refractivity contribution in [3.8, 4) is 11.1 Å². The number of aryl methyl sites for hydroxylation is 1. The molecule has 2 fully saturated rings. The van der Waals surface area contributed by atoms with Gasteiger partial charge in [0.2, 0.25) is 5.91 Å². The van der Waals surface area contributed by atoms with Crippen LogP contribution in [-0.4, -0.2) is 32.9 Å². The Balaban J connectivity index is 1.28. The Morgan fingerprint density at radius 2 is 1.74 bits per heavy atom. The number of fused-ring (bicyclic) bond motifs is 1. The molecule has 6 rings (SSSR count). The van der Waals surface area contributed by atoms with E-state index in [0.717, 1.165) is 46.3 Å². The molecule has 1 heterocycles. The van der Waals surface area contributed by atoms with Crippen molar-refractivity contribution in [3.63, 3.8) is 0 Å². The zero-order valence-corrected chi connectivity index (χ0v) is 20.1. The molecule has 1 N–H and O–H groups in total. The van der Waals surface area contributed by atoms with Crippen LogP contribution in [0.3, 0.4) is 0 Å². The summed E-state index contributed by atoms with van der Waals surface area (Å²) in [5.74, 6) is 1.13. The van der Waals surface area contributed by atoms with Crippen LogP contribution < -0.4 is 5.32 Å². The number of hydrogen-bond donors (Lipinski definition) is 1. The number of benzene rings is 3. The maximum absolute atomic E-state index is 13.2. The number of nitrogens with one attached hydrogen (secondary N) is 1. The van der Waals surface area contributed by atoms with E-state index in [0.29, 0.717) is 25.0 Å². The van der Waals surface area contributed by atoms with E-state index in [1.54, 1.807) is 6.33 Å². The number of amides is 1. The van der Waals surface area contributed by atoms with E-state index < -0.39 is 0 Å². The minimum Gasteiger partial charge on any atom is -0.367 e. The van der Waals surface area contributed by atoms with Crippen LogP contribution >= 0.6 is 0 Å². The fraction of sp³-hybridized carbons (Fsp3) is 0.300. The zero-order chi connectivity index (χ0) is 23.8. The highest BCUT2D eigenvalue weighted by atomic mass is 16.2. The molecular formula is C30H30N4O. The first-order valence-electron chi connectivity index (χ1n) is 12.6. The van der Waals surface area contributed by atoms with Gasteiger partial charge in [0.05, 0.1) is 11.9 Å². The van der Waals surface area contributed by atoms with Crippen LogP contribution in [0.5, 0.6) is 0 Å². The topological polar surface area (TPSA) is 58.1 Å². The lowest BCUT2D eigenvalue weighted by Gasteiger charge is -2.23. The largest absolute Gasteiger partial charge is 0.367 e. The lowest BCUT2D eigenvalue weighted by Crippen LogP contribution is -2.33. The van der Waals surface area contributed by atoms with Gasteiger partial charge in [-0.2, -0.15) is 0 Å². The molecule has 2 aliphatic carbocycles. The van der Waals surface area contributed by atoms with Crippen molar-refractivity contribution in [3.05, 3.63) is 89.7 Å². The number of carbonyl (C=O) groups is 1. The number of anilines is 1. The van der Waals surface area contributed by atoms with Crippen molar-refractivity contribution in [1.29, 1.82) is 0 Å². The smallest absolute Gasteiger partial charge is 0.227 e. The summed E-state index contributed by atoms with van der Waals surface area (Å²) < 4.78 is 0. The summed E-state index contributed by atoms with van der Waals surface area (Å²) in [6.07, 6.45) is 6.70. The number of aromatic nitrogens is 2. The first-order valence-corrected chi connectivity index (χ1v) is 12.6. The van der Waals surface area contributed by atoms with Crippen molar-refractivity contribution in [1.82, 2.24) is 14.9 Å². The maximum atomic E-state index is 13.2. The first-order chi connectivity index (χ1) is 17.1. The molecule has 1 aromatic heterocycles. The monoisotopic (exact) mass is 462 g/mol. The Hall–Kier alpha value is -3.73. The zero-order valence-electron chi connectivity index (χ0n) is 20.1. The molecule has 0 aliphatic heterocycles. The van der Waals surface area contributed by atoms with Gasteiger partial charge in [-0.05, 0) is 78.6 Å². The molecule has 176 valence electrons. The van der Waals surface area contributed by atoms with Gasteiger partial charge in [-0.1, -0.05) is 48.5 Å². The molecule has 5 heteroatoms. The normalized spacial score (nSPS) is 15.2. The Labute approximate surface area is 206 Å². The van der Waals surface area contributed by atoms with E-state index in [9.17, 15) is 4.79 Å². The van der Waals surface area contributed by atoms with Crippen molar-refractivity contribution in [2.75, 3.05) is 5.32 Å². The van der Waals surface area contributed by atoms with Crippen LogP contribution in [0.25, 0.3) is 22.0 Å². The summed E-state index contributed by atoms with van der Waals surface area (Å²) in [7, 11) is 0. The van der Waals surface area contributed by atoms with Gasteiger partial charge < -0.3 is 10.2 Å². The van der Waals surface area contributed by atoms with Gasteiger partial charge in [-0.15, -0.1) is 0 Å². The van der Waals surface area contributed by atoms with Gasteiger partial charge in [0, 0.05) is 24.0 Å². The summed E-state index contributed by atoms with van der Waals surface area (Å²) in [5, 5.41) is 4.61. The molecule has 0 radical (unpaired) electrons. The summed E-state index contributed by atoms with van der Waals surface area (Å²) in [5.41, 5.74) is 6.73. The number of nitrogens with zero attached hydrogens (tertiary/aromatic N) is 3. The van der Waals surface area contributed by atoms with Crippen LogP contribution in [0, 0.1) is 6.92 Å². The molecule has 4 aromatic rings. The average Bonchev–Trinajstić information content (AvgIpc) is 3.79. The first kappa shape index (κ1) is 21.8. The lowest BCUT2D eigenvalue weighted by molar-refractivity contribution is -0.131. The average molecular weight is 463 g/mol. The summed E-state index contributed by atoms with van der Waals surface area (Å²) in [6.45, 7) is 2.78. The predicted molar refractivity (Wildman–Crippen MR) is 140 cm³/mol. The van der Waals surface area contributed by atoms with Crippen LogP contribution in [0.15, 0.2) is 73.1 Å². The van der Waals surface area contributed by atoms with Gasteiger partial charge >= 0.3 is 0 Å². The highest BCUT2D eigenvalue weighted by Gasteiger charge is 2.32. The molecule has 2 saturated carbocycles. The Morgan fingerprint density at radius 1 is 0.943 bits per heavy atom. The van der Waals surface area contributed by atoms with Crippen molar-refractivity contribution < 1.29 is 4.79 Å². The highest BCUT2D eigenvalue weighted by Crippen LogP contribution is 2.34. The summed E-state index contributed by atoms with van der Waals surface area (Å²) in [4.78, 5) is 24.3. The third-order valence-corrected chi connectivity index (χ3v) is 7.00. The molecule has 0 atom stereocenters. The molecule has 35 heavy (non-hydrogen) atoms. The minimum atomic E-state index is 0.207. The van der Waals surface area contributed by atoms with E-state index in [-0.39, 0.29) is 5.91 Å². The second-order valence-corrected chi connectivity index (χ2v) is 9.94. The van der Waals surface area contributed by atoms with Gasteiger partial charge in [0.15, 0.2) is 0 Å². The second-order valence-electron chi connectivity index (χ2n) is 9.94. The van der Waals surface area contributed by atoms with Crippen LogP contribution in [-0.2, 0) is 17.8 Å². The molecule has 3 aromatic carbocycles. The lowest BCUT2D eigenvalue weighted by atomic mass is 9.96. The van der Waals surface area contributed by atoms with E-state index in [2.05, 4.69) is 63.5 Å². The van der Waals surface area contributed by atoms with Crippen molar-refractivity contribution in [2.45, 2.75) is 57.7 Å². The van der Waals surface area contributed by atoms with E-state index in [4.69, 9.17) is 0 Å². The predicted octanol–water partition coefficient (Wildman–Crippen LogP) is 5.91. The molecular weight excluding hydrogens is 432 g/mol. The Kier molecular flexibility index (Phi) is 5.69. The maximum Gasteiger partial charge on any atom is 0.227 e. The van der Waals surface area contributed by atoms with Crippen LogP contribution in [0.4, 0.5) is 5.82 Å². The van der Waals surface area contributed by atoms with Gasteiger partial charge in [-0.25, -0.2) is 9.97 Å². The van der Waals surface area contributed by atoms with Gasteiger partial charge in [0.1, 0.15) is 12.1 Å². The molecule has 0 saturated heterocycles. The molecule has 0 bridgehead atoms. The fourth-order valence-electron chi connectivity index (χ4n) is 4.77. The Bertz CT molecular complexity index is 1380. The highest BCUT2D eigenvalue weighted by molar-refractivity contribution is 5.94. The summed E-state index contributed by atoms with van der Waals surface area (Å²) in [6, 6.07) is 23.9. The van der Waals surface area contributed by atoms with E-state index >= 15 is 0 Å². The SMILES string of the molecule is Cc1cc2ncnc(NC3CC3)c2cc1-c1cccc(CN(C(=O)Cc2ccccc2)C2CC2)c1. The second kappa shape index (κ2) is 9.14. The third-order valence-electron chi connectivity index (χ3n) is 7.00.